The number of esters is 1. The normalized spacial score (nSPS) is 16.9. The number of aromatic nitrogens is 2. The van der Waals surface area contributed by atoms with Crippen LogP contribution in [0.3, 0.4) is 0 Å². The van der Waals surface area contributed by atoms with Gasteiger partial charge < -0.3 is 14.6 Å². The molecule has 0 aromatic carbocycles. The molecule has 0 saturated carbocycles. The molecule has 11 nitrogen and oxygen atoms in total. The van der Waals surface area contributed by atoms with Gasteiger partial charge in [-0.15, -0.1) is 4.52 Å². The van der Waals surface area contributed by atoms with E-state index in [0.29, 0.717) is 0 Å². The van der Waals surface area contributed by atoms with Gasteiger partial charge in [-0.3, -0.25) is 19.1 Å². The standard InChI is InChI=1S/C17H27ClN3O8P/c1-5-6-9-28-15(24)11(2)20-30(26)29-10-12(27-4)14(23)17(3,18)21-8-7-13(22)19-16(21)25/h7-8,11-12,14,23H,5-6,9-10H2,1-4H3,(H-,19,20,22,25,26)/p+1/t11-,12-,14-,17+/m1/s1. The fraction of sp³-hybridized carbons (Fsp3) is 0.706. The van der Waals surface area contributed by atoms with E-state index in [0.717, 1.165) is 29.7 Å². The number of nitrogens with zero attached hydrogens (tertiary/aromatic N) is 1. The number of aromatic amines is 1. The zero-order chi connectivity index (χ0) is 22.9. The van der Waals surface area contributed by atoms with Crippen LogP contribution < -0.4 is 16.3 Å². The lowest BCUT2D eigenvalue weighted by Gasteiger charge is -2.33. The summed E-state index contributed by atoms with van der Waals surface area (Å²) in [6.45, 7) is 4.69. The van der Waals surface area contributed by atoms with E-state index in [-0.39, 0.29) is 13.2 Å². The number of hydrogen-bond donors (Lipinski definition) is 3. The molecule has 170 valence electrons. The second-order valence-electron chi connectivity index (χ2n) is 6.65. The SMILES string of the molecule is CCCCOC(=O)[C@@H](C)N[P+](=O)OC[C@@H](OC)[C@@H](O)[C@@](C)(Cl)n1ccc(=O)[nH]c1=O. The number of H-pyrrole nitrogens is 1. The lowest BCUT2D eigenvalue weighted by atomic mass is 10.1. The summed E-state index contributed by atoms with van der Waals surface area (Å²) in [4.78, 5) is 35.3. The van der Waals surface area contributed by atoms with Crippen LogP contribution in [0.2, 0.25) is 0 Å². The Kier molecular flexibility index (Phi) is 10.8. The van der Waals surface area contributed by atoms with Gasteiger partial charge in [-0.2, -0.15) is 0 Å². The smallest absolute Gasteiger partial charge is 0.464 e. The van der Waals surface area contributed by atoms with Crippen LogP contribution in [0.1, 0.15) is 33.6 Å². The molecule has 0 saturated heterocycles. The predicted molar refractivity (Wildman–Crippen MR) is 110 cm³/mol. The van der Waals surface area contributed by atoms with Gasteiger partial charge in [0.1, 0.15) is 29.9 Å². The Bertz CT molecular complexity index is 828. The van der Waals surface area contributed by atoms with Gasteiger partial charge in [-0.1, -0.05) is 30.0 Å². The summed E-state index contributed by atoms with van der Waals surface area (Å²) in [7, 11) is -1.21. The molecule has 0 aliphatic carbocycles. The number of hydrogen-bond acceptors (Lipinski definition) is 8. The summed E-state index contributed by atoms with van der Waals surface area (Å²) in [5.41, 5.74) is -1.44. The third-order valence-electron chi connectivity index (χ3n) is 4.24. The lowest BCUT2D eigenvalue weighted by Crippen LogP contribution is -2.51. The zero-order valence-electron chi connectivity index (χ0n) is 17.3. The number of alkyl halides is 1. The fourth-order valence-corrected chi connectivity index (χ4v) is 3.41. The number of nitrogens with one attached hydrogen (secondary N) is 2. The molecular formula is C17H28ClN3O8P+. The van der Waals surface area contributed by atoms with Crippen molar-refractivity contribution in [2.45, 2.75) is 56.9 Å². The van der Waals surface area contributed by atoms with Crippen molar-refractivity contribution in [1.29, 1.82) is 0 Å². The Hall–Kier alpha value is -1.62. The van der Waals surface area contributed by atoms with Gasteiger partial charge in [-0.05, 0) is 24.8 Å². The molecule has 1 aromatic rings. The average molecular weight is 469 g/mol. The number of ether oxygens (including phenoxy) is 2. The first kappa shape index (κ1) is 26.4. The van der Waals surface area contributed by atoms with Crippen molar-refractivity contribution in [1.82, 2.24) is 14.6 Å². The first-order chi connectivity index (χ1) is 14.0. The number of carbonyl (C=O) groups is 1. The number of unbranched alkanes of at least 4 members (excludes halogenated alkanes) is 1. The maximum Gasteiger partial charge on any atom is 0.613 e. The summed E-state index contributed by atoms with van der Waals surface area (Å²) in [5, 5.41) is 13.1. The van der Waals surface area contributed by atoms with Crippen molar-refractivity contribution in [3.63, 3.8) is 0 Å². The highest BCUT2D eigenvalue weighted by atomic mass is 35.5. The lowest BCUT2D eigenvalue weighted by molar-refractivity contribution is -0.145. The second-order valence-corrected chi connectivity index (χ2v) is 8.44. The molecule has 0 bridgehead atoms. The summed E-state index contributed by atoms with van der Waals surface area (Å²) >= 11 is 6.35. The monoisotopic (exact) mass is 468 g/mol. The first-order valence-electron chi connectivity index (χ1n) is 9.29. The van der Waals surface area contributed by atoms with E-state index in [9.17, 15) is 24.1 Å². The van der Waals surface area contributed by atoms with Crippen molar-refractivity contribution in [3.05, 3.63) is 33.1 Å². The van der Waals surface area contributed by atoms with Crippen LogP contribution >= 0.6 is 19.8 Å². The van der Waals surface area contributed by atoms with Gasteiger partial charge in [0.2, 0.25) is 0 Å². The zero-order valence-corrected chi connectivity index (χ0v) is 18.9. The van der Waals surface area contributed by atoms with Gasteiger partial charge in [0.15, 0.2) is 0 Å². The Balaban J connectivity index is 2.70. The predicted octanol–water partition coefficient (Wildman–Crippen LogP) is 0.819. The van der Waals surface area contributed by atoms with E-state index in [4.69, 9.17) is 25.6 Å². The molecule has 0 aliphatic rings. The molecular weight excluding hydrogens is 441 g/mol. The topological polar surface area (TPSA) is 149 Å². The number of carbonyl (C=O) groups excluding carboxylic acids is 1. The molecule has 0 fully saturated rings. The van der Waals surface area contributed by atoms with Crippen LogP contribution in [-0.4, -0.2) is 59.2 Å². The van der Waals surface area contributed by atoms with Crippen LogP contribution in [-0.2, 0) is 28.4 Å². The molecule has 0 spiro atoms. The summed E-state index contributed by atoms with van der Waals surface area (Å²) < 4.78 is 28.3. The van der Waals surface area contributed by atoms with Crippen LogP contribution in [0.15, 0.2) is 21.9 Å². The summed E-state index contributed by atoms with van der Waals surface area (Å²) in [5.74, 6) is -0.565. The molecule has 0 radical (unpaired) electrons. The molecule has 3 N–H and O–H groups in total. The Morgan fingerprint density at radius 2 is 2.13 bits per heavy atom. The molecule has 1 unspecified atom stereocenters. The van der Waals surface area contributed by atoms with Crippen LogP contribution in [0.25, 0.3) is 0 Å². The van der Waals surface area contributed by atoms with Crippen LogP contribution in [0.4, 0.5) is 0 Å². The fourth-order valence-electron chi connectivity index (χ4n) is 2.36. The minimum absolute atomic E-state index is 0.273. The second kappa shape index (κ2) is 12.3. The number of aliphatic hydroxyl groups excluding tert-OH is 1. The van der Waals surface area contributed by atoms with E-state index >= 15 is 0 Å². The third kappa shape index (κ3) is 7.57. The van der Waals surface area contributed by atoms with Gasteiger partial charge in [-0.25, -0.2) is 4.79 Å². The summed E-state index contributed by atoms with van der Waals surface area (Å²) in [6.07, 6.45) is 0.160. The van der Waals surface area contributed by atoms with Gasteiger partial charge in [0, 0.05) is 19.4 Å². The highest BCUT2D eigenvalue weighted by Crippen LogP contribution is 2.29. The Morgan fingerprint density at radius 1 is 1.47 bits per heavy atom. The first-order valence-corrected chi connectivity index (χ1v) is 10.8. The van der Waals surface area contributed by atoms with E-state index in [2.05, 4.69) is 5.09 Å². The van der Waals surface area contributed by atoms with Gasteiger partial charge in [0.05, 0.1) is 6.61 Å². The van der Waals surface area contributed by atoms with Crippen molar-refractivity contribution in [3.8, 4) is 0 Å². The van der Waals surface area contributed by atoms with E-state index < -0.39 is 48.6 Å². The molecule has 1 aromatic heterocycles. The quantitative estimate of drug-likeness (QED) is 0.165. The molecule has 0 aliphatic heterocycles. The van der Waals surface area contributed by atoms with Crippen molar-refractivity contribution in [2.24, 2.45) is 0 Å². The number of rotatable bonds is 13. The van der Waals surface area contributed by atoms with Crippen molar-refractivity contribution in [2.75, 3.05) is 20.3 Å². The number of halogens is 1. The van der Waals surface area contributed by atoms with Crippen molar-refractivity contribution >= 4 is 25.7 Å². The average Bonchev–Trinajstić information content (AvgIpc) is 2.67. The maximum atomic E-state index is 12.1. The number of methoxy groups -OCH3 is 1. The Labute approximate surface area is 179 Å². The van der Waals surface area contributed by atoms with E-state index in [1.807, 2.05) is 11.9 Å². The Morgan fingerprint density at radius 3 is 2.70 bits per heavy atom. The summed E-state index contributed by atoms with van der Waals surface area (Å²) in [6, 6.07) is 0.212. The molecule has 1 heterocycles. The van der Waals surface area contributed by atoms with Crippen LogP contribution in [0, 0.1) is 0 Å². The molecule has 1 rings (SSSR count). The molecule has 13 heteroatoms. The van der Waals surface area contributed by atoms with Gasteiger partial charge in [0.25, 0.3) is 5.56 Å². The van der Waals surface area contributed by atoms with Gasteiger partial charge >= 0.3 is 19.8 Å². The minimum Gasteiger partial charge on any atom is -0.464 e. The minimum atomic E-state index is -2.49. The molecule has 30 heavy (non-hydrogen) atoms. The number of aliphatic hydroxyl groups is 1. The molecule has 0 amide bonds. The largest absolute Gasteiger partial charge is 0.613 e. The van der Waals surface area contributed by atoms with Crippen molar-refractivity contribution < 1.29 is 28.5 Å². The highest BCUT2D eigenvalue weighted by Gasteiger charge is 2.41. The maximum absolute atomic E-state index is 12.1. The molecule has 5 atom stereocenters. The third-order valence-corrected chi connectivity index (χ3v) is 5.63. The van der Waals surface area contributed by atoms with Crippen LogP contribution in [0.5, 0.6) is 0 Å². The highest BCUT2D eigenvalue weighted by molar-refractivity contribution is 7.36. The van der Waals surface area contributed by atoms with E-state index in [1.54, 1.807) is 0 Å². The van der Waals surface area contributed by atoms with E-state index in [1.165, 1.54) is 21.0 Å².